The van der Waals surface area contributed by atoms with Gasteiger partial charge in [-0.05, 0) is 30.2 Å². The Bertz CT molecular complexity index is 552. The predicted molar refractivity (Wildman–Crippen MR) is 79.1 cm³/mol. The Morgan fingerprint density at radius 2 is 2.10 bits per heavy atom. The van der Waals surface area contributed by atoms with Crippen molar-refractivity contribution in [1.29, 1.82) is 0 Å². The molecule has 2 N–H and O–H groups in total. The van der Waals surface area contributed by atoms with Crippen LogP contribution in [0, 0.1) is 0 Å². The third-order valence-corrected chi connectivity index (χ3v) is 3.09. The van der Waals surface area contributed by atoms with Gasteiger partial charge < -0.3 is 15.2 Å². The maximum Gasteiger partial charge on any atom is 0.161 e. The van der Waals surface area contributed by atoms with Crippen molar-refractivity contribution < 1.29 is 9.47 Å². The monoisotopic (exact) mass is 275 g/mol. The summed E-state index contributed by atoms with van der Waals surface area (Å²) in [7, 11) is 1.66. The summed E-state index contributed by atoms with van der Waals surface area (Å²) < 4.78 is 12.9. The summed E-state index contributed by atoms with van der Waals surface area (Å²) in [5.74, 6) is 2.11. The number of nitrogens with two attached hydrogens (primary N) is 1. The van der Waals surface area contributed by atoms with Gasteiger partial charge in [0.05, 0.1) is 13.7 Å². The van der Waals surface area contributed by atoms with Gasteiger partial charge in [0.15, 0.2) is 11.5 Å². The highest BCUT2D eigenvalue weighted by Crippen LogP contribution is 2.28. The molecule has 0 atom stereocenters. The summed E-state index contributed by atoms with van der Waals surface area (Å²) in [5.41, 5.74) is 6.80. The minimum absolute atomic E-state index is 0.544. The molecule has 0 amide bonds. The highest BCUT2D eigenvalue weighted by Gasteiger charge is 2.05. The van der Waals surface area contributed by atoms with E-state index in [9.17, 15) is 0 Å². The van der Waals surface area contributed by atoms with Gasteiger partial charge in [0, 0.05) is 19.2 Å². The predicted octanol–water partition coefficient (Wildman–Crippen LogP) is 2.51. The first-order chi connectivity index (χ1) is 9.72. The molecular weight excluding hydrogens is 254 g/mol. The average Bonchev–Trinajstić information content (AvgIpc) is 2.89. The van der Waals surface area contributed by atoms with Crippen molar-refractivity contribution in [1.82, 2.24) is 9.78 Å². The van der Waals surface area contributed by atoms with Crippen LogP contribution in [-0.2, 0) is 13.0 Å². The molecule has 0 saturated heterocycles. The molecule has 5 nitrogen and oxygen atoms in total. The largest absolute Gasteiger partial charge is 0.493 e. The van der Waals surface area contributed by atoms with E-state index >= 15 is 0 Å². The molecule has 108 valence electrons. The zero-order valence-electron chi connectivity index (χ0n) is 12.0. The second-order valence-corrected chi connectivity index (χ2v) is 4.54. The van der Waals surface area contributed by atoms with E-state index in [0.29, 0.717) is 12.4 Å². The van der Waals surface area contributed by atoms with Crippen molar-refractivity contribution in [3.63, 3.8) is 0 Å². The summed E-state index contributed by atoms with van der Waals surface area (Å²) in [6.07, 6.45) is 3.71. The zero-order valence-corrected chi connectivity index (χ0v) is 12.0. The van der Waals surface area contributed by atoms with Crippen molar-refractivity contribution in [3.05, 3.63) is 36.0 Å². The standard InChI is InChI=1S/C15H21N3O2/c1-3-12-5-6-13(14(11-12)19-2)20-10-4-8-18-9-7-15(16)17-18/h5-7,9,11H,3-4,8,10H2,1-2H3,(H2,16,17). The Labute approximate surface area is 119 Å². The molecule has 0 spiro atoms. The molecule has 0 aliphatic rings. The lowest BCUT2D eigenvalue weighted by atomic mass is 10.1. The maximum atomic E-state index is 5.76. The third kappa shape index (κ3) is 3.66. The van der Waals surface area contributed by atoms with Crippen molar-refractivity contribution in [2.75, 3.05) is 19.5 Å². The fraction of sp³-hybridized carbons (Fsp3) is 0.400. The minimum Gasteiger partial charge on any atom is -0.493 e. The van der Waals surface area contributed by atoms with Crippen LogP contribution in [0.2, 0.25) is 0 Å². The number of nitrogens with zero attached hydrogens (tertiary/aromatic N) is 2. The Morgan fingerprint density at radius 1 is 1.25 bits per heavy atom. The zero-order chi connectivity index (χ0) is 14.4. The second-order valence-electron chi connectivity index (χ2n) is 4.54. The summed E-state index contributed by atoms with van der Waals surface area (Å²) in [6, 6.07) is 7.83. The highest BCUT2D eigenvalue weighted by atomic mass is 16.5. The lowest BCUT2D eigenvalue weighted by Crippen LogP contribution is -2.06. The number of benzene rings is 1. The van der Waals surface area contributed by atoms with Crippen LogP contribution < -0.4 is 15.2 Å². The van der Waals surface area contributed by atoms with Crippen LogP contribution in [0.15, 0.2) is 30.5 Å². The van der Waals surface area contributed by atoms with Crippen LogP contribution in [0.1, 0.15) is 18.9 Å². The molecule has 1 aromatic carbocycles. The number of hydrogen-bond acceptors (Lipinski definition) is 4. The first kappa shape index (κ1) is 14.2. The smallest absolute Gasteiger partial charge is 0.161 e. The molecule has 1 heterocycles. The number of aryl methyl sites for hydroxylation is 2. The average molecular weight is 275 g/mol. The molecule has 0 saturated carbocycles. The molecule has 0 radical (unpaired) electrons. The minimum atomic E-state index is 0.544. The lowest BCUT2D eigenvalue weighted by molar-refractivity contribution is 0.280. The quantitative estimate of drug-likeness (QED) is 0.789. The van der Waals surface area contributed by atoms with Crippen LogP contribution in [0.25, 0.3) is 0 Å². The van der Waals surface area contributed by atoms with E-state index in [1.807, 2.05) is 23.0 Å². The number of ether oxygens (including phenoxy) is 2. The van der Waals surface area contributed by atoms with Crippen LogP contribution >= 0.6 is 0 Å². The van der Waals surface area contributed by atoms with Crippen LogP contribution in [0.3, 0.4) is 0 Å². The number of nitrogen functional groups attached to an aromatic ring is 1. The van der Waals surface area contributed by atoms with Crippen molar-refractivity contribution in [2.24, 2.45) is 0 Å². The normalized spacial score (nSPS) is 10.5. The van der Waals surface area contributed by atoms with Gasteiger partial charge in [-0.1, -0.05) is 13.0 Å². The Kier molecular flexibility index (Phi) is 4.87. The number of aromatic nitrogens is 2. The van der Waals surface area contributed by atoms with Crippen molar-refractivity contribution in [2.45, 2.75) is 26.3 Å². The summed E-state index contributed by atoms with van der Waals surface area (Å²) in [5, 5.41) is 4.13. The molecule has 0 aliphatic carbocycles. The lowest BCUT2D eigenvalue weighted by Gasteiger charge is -2.11. The van der Waals surface area contributed by atoms with Gasteiger partial charge in [-0.25, -0.2) is 0 Å². The summed E-state index contributed by atoms with van der Waals surface area (Å²) >= 11 is 0. The Hall–Kier alpha value is -2.17. The number of hydrogen-bond donors (Lipinski definition) is 1. The van der Waals surface area contributed by atoms with Crippen molar-refractivity contribution in [3.8, 4) is 11.5 Å². The van der Waals surface area contributed by atoms with Crippen molar-refractivity contribution >= 4 is 5.82 Å². The third-order valence-electron chi connectivity index (χ3n) is 3.09. The molecule has 2 aromatic rings. The fourth-order valence-corrected chi connectivity index (χ4v) is 1.96. The maximum absolute atomic E-state index is 5.76. The Morgan fingerprint density at radius 3 is 2.75 bits per heavy atom. The van der Waals surface area contributed by atoms with Gasteiger partial charge in [-0.3, -0.25) is 4.68 Å². The van der Waals surface area contributed by atoms with Crippen LogP contribution in [-0.4, -0.2) is 23.5 Å². The molecule has 5 heteroatoms. The molecule has 20 heavy (non-hydrogen) atoms. The summed E-state index contributed by atoms with van der Waals surface area (Å²) in [4.78, 5) is 0. The fourth-order valence-electron chi connectivity index (χ4n) is 1.96. The van der Waals surface area contributed by atoms with Gasteiger partial charge in [0.25, 0.3) is 0 Å². The van der Waals surface area contributed by atoms with E-state index < -0.39 is 0 Å². The molecule has 0 fully saturated rings. The SMILES string of the molecule is CCc1ccc(OCCCn2ccc(N)n2)c(OC)c1. The molecule has 0 bridgehead atoms. The van der Waals surface area contributed by atoms with Gasteiger partial charge in [0.2, 0.25) is 0 Å². The first-order valence-corrected chi connectivity index (χ1v) is 6.81. The van der Waals surface area contributed by atoms with Gasteiger partial charge in [0.1, 0.15) is 5.82 Å². The second kappa shape index (κ2) is 6.84. The highest BCUT2D eigenvalue weighted by molar-refractivity contribution is 5.42. The molecule has 1 aromatic heterocycles. The van der Waals surface area contributed by atoms with E-state index in [1.165, 1.54) is 5.56 Å². The van der Waals surface area contributed by atoms with Crippen LogP contribution in [0.4, 0.5) is 5.82 Å². The van der Waals surface area contributed by atoms with E-state index in [-0.39, 0.29) is 0 Å². The molecule has 0 unspecified atom stereocenters. The molecular formula is C15H21N3O2. The number of anilines is 1. The van der Waals surface area contributed by atoms with E-state index in [0.717, 1.165) is 30.9 Å². The molecule has 0 aliphatic heterocycles. The van der Waals surface area contributed by atoms with E-state index in [1.54, 1.807) is 13.2 Å². The first-order valence-electron chi connectivity index (χ1n) is 6.81. The van der Waals surface area contributed by atoms with Gasteiger partial charge >= 0.3 is 0 Å². The summed E-state index contributed by atoms with van der Waals surface area (Å²) in [6.45, 7) is 3.51. The topological polar surface area (TPSA) is 62.3 Å². The van der Waals surface area contributed by atoms with Gasteiger partial charge in [-0.15, -0.1) is 0 Å². The van der Waals surface area contributed by atoms with Crippen LogP contribution in [0.5, 0.6) is 11.5 Å². The van der Waals surface area contributed by atoms with E-state index in [2.05, 4.69) is 18.1 Å². The van der Waals surface area contributed by atoms with E-state index in [4.69, 9.17) is 15.2 Å². The molecule has 2 rings (SSSR count). The number of rotatable bonds is 7. The van der Waals surface area contributed by atoms with Gasteiger partial charge in [-0.2, -0.15) is 5.10 Å². The Balaban J connectivity index is 1.84. The number of methoxy groups -OCH3 is 1.